The van der Waals surface area contributed by atoms with E-state index in [4.69, 9.17) is 5.73 Å². The number of ether oxygens (including phenoxy) is 1. The van der Waals surface area contributed by atoms with E-state index in [0.717, 1.165) is 7.11 Å². The molecule has 0 fully saturated rings. The van der Waals surface area contributed by atoms with Crippen molar-refractivity contribution in [1.29, 1.82) is 0 Å². The summed E-state index contributed by atoms with van der Waals surface area (Å²) in [6.45, 7) is 1.23. The Bertz CT molecular complexity index is 497. The fraction of sp³-hybridized carbons (Fsp3) is 0.333. The lowest BCUT2D eigenvalue weighted by Gasteiger charge is -2.12. The van der Waals surface area contributed by atoms with Crippen LogP contribution in [0, 0.1) is 0 Å². The third kappa shape index (κ3) is 3.31. The van der Waals surface area contributed by atoms with E-state index in [-0.39, 0.29) is 5.82 Å². The first kappa shape index (κ1) is 13.2. The minimum Gasteiger partial charge on any atom is -0.468 e. The van der Waals surface area contributed by atoms with Gasteiger partial charge in [0.1, 0.15) is 5.82 Å². The van der Waals surface area contributed by atoms with E-state index in [1.807, 2.05) is 0 Å². The number of carbonyl (C=O) groups excluding carboxylic acids is 1. The van der Waals surface area contributed by atoms with Crippen LogP contribution < -0.4 is 10.5 Å². The maximum Gasteiger partial charge on any atom is 0.325 e. The fourth-order valence-corrected chi connectivity index (χ4v) is 1.93. The predicted molar refractivity (Wildman–Crippen MR) is 62.7 cm³/mol. The van der Waals surface area contributed by atoms with Gasteiger partial charge in [-0.3, -0.25) is 9.52 Å². The number of pyridine rings is 1. The Morgan fingerprint density at radius 2 is 2.18 bits per heavy atom. The summed E-state index contributed by atoms with van der Waals surface area (Å²) in [5.41, 5.74) is 5.82. The maximum atomic E-state index is 11.7. The van der Waals surface area contributed by atoms with E-state index in [2.05, 4.69) is 14.4 Å². The van der Waals surface area contributed by atoms with Gasteiger partial charge >= 0.3 is 5.97 Å². The van der Waals surface area contributed by atoms with E-state index in [1.54, 1.807) is 0 Å². The monoisotopic (exact) mass is 259 g/mol. The van der Waals surface area contributed by atoms with Crippen molar-refractivity contribution in [3.63, 3.8) is 0 Å². The van der Waals surface area contributed by atoms with Crippen LogP contribution in [-0.2, 0) is 19.6 Å². The van der Waals surface area contributed by atoms with Crippen LogP contribution in [0.2, 0.25) is 0 Å². The number of methoxy groups -OCH3 is 1. The standard InChI is InChI=1S/C9H13N3O4S/c1-6(9(13)16-2)17(14,15)12-8-4-3-7(10)5-11-8/h3-6H,10H2,1-2H3,(H,11,12). The van der Waals surface area contributed by atoms with Crippen LogP contribution in [0.3, 0.4) is 0 Å². The number of anilines is 2. The lowest BCUT2D eigenvalue weighted by Crippen LogP contribution is -2.33. The van der Waals surface area contributed by atoms with Crippen LogP contribution in [0.1, 0.15) is 6.92 Å². The number of hydrogen-bond donors (Lipinski definition) is 2. The summed E-state index contributed by atoms with van der Waals surface area (Å²) in [7, 11) is -2.74. The van der Waals surface area contributed by atoms with E-state index in [1.165, 1.54) is 25.3 Å². The molecule has 1 aromatic rings. The van der Waals surface area contributed by atoms with Gasteiger partial charge in [0, 0.05) is 0 Å². The van der Waals surface area contributed by atoms with E-state index in [0.29, 0.717) is 5.69 Å². The van der Waals surface area contributed by atoms with Gasteiger partial charge in [-0.05, 0) is 19.1 Å². The summed E-state index contributed by atoms with van der Waals surface area (Å²) in [6, 6.07) is 2.89. The molecule has 1 aromatic heterocycles. The van der Waals surface area contributed by atoms with Gasteiger partial charge in [0.15, 0.2) is 5.25 Å². The molecular formula is C9H13N3O4S. The Morgan fingerprint density at radius 3 is 2.65 bits per heavy atom. The highest BCUT2D eigenvalue weighted by molar-refractivity contribution is 7.94. The molecule has 0 radical (unpaired) electrons. The normalized spacial score (nSPS) is 12.8. The molecule has 0 aromatic carbocycles. The molecule has 1 unspecified atom stereocenters. The molecule has 0 aliphatic rings. The highest BCUT2D eigenvalue weighted by Crippen LogP contribution is 2.11. The molecule has 0 spiro atoms. The summed E-state index contributed by atoms with van der Waals surface area (Å²) in [4.78, 5) is 14.9. The predicted octanol–water partition coefficient (Wildman–Crippen LogP) is -0.0330. The van der Waals surface area contributed by atoms with Gasteiger partial charge in [-0.15, -0.1) is 0 Å². The molecule has 94 valence electrons. The fourth-order valence-electron chi connectivity index (χ4n) is 0.992. The first-order valence-electron chi connectivity index (χ1n) is 4.68. The second-order valence-electron chi connectivity index (χ2n) is 3.29. The summed E-state index contributed by atoms with van der Waals surface area (Å²) in [5.74, 6) is -0.747. The minimum atomic E-state index is -3.87. The number of esters is 1. The van der Waals surface area contributed by atoms with Crippen molar-refractivity contribution in [3.05, 3.63) is 18.3 Å². The molecule has 17 heavy (non-hydrogen) atoms. The van der Waals surface area contributed by atoms with Gasteiger partial charge in [0.25, 0.3) is 0 Å². The van der Waals surface area contributed by atoms with Crippen molar-refractivity contribution >= 4 is 27.5 Å². The SMILES string of the molecule is COC(=O)C(C)S(=O)(=O)Nc1ccc(N)cn1. The van der Waals surface area contributed by atoms with Crippen molar-refractivity contribution in [2.45, 2.75) is 12.2 Å². The third-order valence-electron chi connectivity index (χ3n) is 2.03. The largest absolute Gasteiger partial charge is 0.468 e. The zero-order chi connectivity index (χ0) is 13.1. The van der Waals surface area contributed by atoms with Crippen molar-refractivity contribution in [2.24, 2.45) is 0 Å². The molecule has 1 heterocycles. The zero-order valence-electron chi connectivity index (χ0n) is 9.38. The molecular weight excluding hydrogens is 246 g/mol. The van der Waals surface area contributed by atoms with Crippen molar-refractivity contribution in [3.8, 4) is 0 Å². The average Bonchev–Trinajstić information content (AvgIpc) is 2.30. The Hall–Kier alpha value is -1.83. The van der Waals surface area contributed by atoms with Gasteiger partial charge in [-0.1, -0.05) is 0 Å². The number of nitrogens with zero attached hydrogens (tertiary/aromatic N) is 1. The second kappa shape index (κ2) is 5.00. The molecule has 0 saturated heterocycles. The molecule has 7 nitrogen and oxygen atoms in total. The number of sulfonamides is 1. The van der Waals surface area contributed by atoms with Gasteiger partial charge in [-0.2, -0.15) is 0 Å². The number of nitrogens with one attached hydrogen (secondary N) is 1. The highest BCUT2D eigenvalue weighted by atomic mass is 32.2. The van der Waals surface area contributed by atoms with E-state index < -0.39 is 21.2 Å². The summed E-state index contributed by atoms with van der Waals surface area (Å²) in [5, 5.41) is -1.31. The lowest BCUT2D eigenvalue weighted by molar-refractivity contribution is -0.139. The molecule has 1 rings (SSSR count). The first-order chi connectivity index (χ1) is 7.86. The number of nitrogens with two attached hydrogens (primary N) is 1. The molecule has 8 heteroatoms. The van der Waals surface area contributed by atoms with Gasteiger partial charge in [0.05, 0.1) is 19.0 Å². The topological polar surface area (TPSA) is 111 Å². The van der Waals surface area contributed by atoms with E-state index >= 15 is 0 Å². The molecule has 0 aliphatic carbocycles. The molecule has 0 bridgehead atoms. The van der Waals surface area contributed by atoms with Crippen molar-refractivity contribution in [2.75, 3.05) is 17.6 Å². The van der Waals surface area contributed by atoms with Crippen molar-refractivity contribution in [1.82, 2.24) is 4.98 Å². The highest BCUT2D eigenvalue weighted by Gasteiger charge is 2.29. The average molecular weight is 259 g/mol. The number of hydrogen-bond acceptors (Lipinski definition) is 6. The maximum absolute atomic E-state index is 11.7. The van der Waals surface area contributed by atoms with Crippen molar-refractivity contribution < 1.29 is 17.9 Å². The van der Waals surface area contributed by atoms with Crippen LogP contribution in [-0.4, -0.2) is 31.7 Å². The Labute approximate surface area is 99.0 Å². The number of carbonyl (C=O) groups is 1. The molecule has 0 aliphatic heterocycles. The number of rotatable bonds is 4. The van der Waals surface area contributed by atoms with Gasteiger partial charge in [0.2, 0.25) is 10.0 Å². The molecule has 3 N–H and O–H groups in total. The van der Waals surface area contributed by atoms with Crippen LogP contribution in [0.5, 0.6) is 0 Å². The summed E-state index contributed by atoms with van der Waals surface area (Å²) in [6.07, 6.45) is 1.31. The number of nitrogen functional groups attached to an aromatic ring is 1. The summed E-state index contributed by atoms with van der Waals surface area (Å²) >= 11 is 0. The second-order valence-corrected chi connectivity index (χ2v) is 5.29. The zero-order valence-corrected chi connectivity index (χ0v) is 10.2. The third-order valence-corrected chi connectivity index (χ3v) is 3.65. The Balaban J connectivity index is 2.86. The Kier molecular flexibility index (Phi) is 3.89. The van der Waals surface area contributed by atoms with Crippen LogP contribution in [0.4, 0.5) is 11.5 Å². The Morgan fingerprint density at radius 1 is 1.53 bits per heavy atom. The van der Waals surface area contributed by atoms with Crippen LogP contribution >= 0.6 is 0 Å². The molecule has 0 amide bonds. The van der Waals surface area contributed by atoms with Gasteiger partial charge < -0.3 is 10.5 Å². The molecule has 0 saturated carbocycles. The number of aromatic nitrogens is 1. The summed E-state index contributed by atoms with van der Waals surface area (Å²) < 4.78 is 29.9. The lowest BCUT2D eigenvalue weighted by atomic mass is 10.4. The molecule has 1 atom stereocenters. The smallest absolute Gasteiger partial charge is 0.325 e. The first-order valence-corrected chi connectivity index (χ1v) is 6.22. The minimum absolute atomic E-state index is 0.0925. The van der Waals surface area contributed by atoms with Crippen LogP contribution in [0.15, 0.2) is 18.3 Å². The van der Waals surface area contributed by atoms with Gasteiger partial charge in [-0.25, -0.2) is 13.4 Å². The van der Waals surface area contributed by atoms with E-state index in [9.17, 15) is 13.2 Å². The quantitative estimate of drug-likeness (QED) is 0.734. The van der Waals surface area contributed by atoms with Crippen LogP contribution in [0.25, 0.3) is 0 Å².